The number of hydrogen-bond acceptors (Lipinski definition) is 4. The van der Waals surface area contributed by atoms with Gasteiger partial charge in [-0.25, -0.2) is 14.2 Å². The van der Waals surface area contributed by atoms with Crippen LogP contribution >= 0.6 is 0 Å². The molecule has 0 saturated carbocycles. The Kier molecular flexibility index (Phi) is 3.93. The van der Waals surface area contributed by atoms with E-state index in [2.05, 4.69) is 4.99 Å². The van der Waals surface area contributed by atoms with Crippen LogP contribution < -0.4 is 4.90 Å². The zero-order valence-electron chi connectivity index (χ0n) is 12.8. The van der Waals surface area contributed by atoms with Crippen molar-refractivity contribution in [1.82, 2.24) is 0 Å². The first-order valence-corrected chi connectivity index (χ1v) is 7.09. The Morgan fingerprint density at radius 1 is 1.04 bits per heavy atom. The second-order valence-electron chi connectivity index (χ2n) is 5.33. The van der Waals surface area contributed by atoms with E-state index in [-0.39, 0.29) is 17.4 Å². The molecule has 0 unspecified atom stereocenters. The predicted octanol–water partition coefficient (Wildman–Crippen LogP) is 3.24. The van der Waals surface area contributed by atoms with Crippen LogP contribution in [0.4, 0.5) is 10.1 Å². The van der Waals surface area contributed by atoms with Crippen molar-refractivity contribution in [2.24, 2.45) is 4.99 Å². The fourth-order valence-corrected chi connectivity index (χ4v) is 2.15. The van der Waals surface area contributed by atoms with Gasteiger partial charge in [-0.05, 0) is 48.0 Å². The van der Waals surface area contributed by atoms with Gasteiger partial charge in [0.05, 0.1) is 0 Å². The second-order valence-corrected chi connectivity index (χ2v) is 5.33. The van der Waals surface area contributed by atoms with Crippen LogP contribution in [0.25, 0.3) is 6.08 Å². The molecule has 116 valence electrons. The maximum atomic E-state index is 12.9. The van der Waals surface area contributed by atoms with Gasteiger partial charge in [0.25, 0.3) is 0 Å². The second kappa shape index (κ2) is 6.04. The van der Waals surface area contributed by atoms with Gasteiger partial charge in [-0.15, -0.1) is 0 Å². The smallest absolute Gasteiger partial charge is 0.363 e. The summed E-state index contributed by atoms with van der Waals surface area (Å²) in [6, 6.07) is 13.4. The topological polar surface area (TPSA) is 41.9 Å². The van der Waals surface area contributed by atoms with Crippen LogP contribution in [0, 0.1) is 5.82 Å². The van der Waals surface area contributed by atoms with Gasteiger partial charge in [-0.1, -0.05) is 12.1 Å². The highest BCUT2D eigenvalue weighted by Gasteiger charge is 2.24. The first kappa shape index (κ1) is 15.0. The van der Waals surface area contributed by atoms with E-state index in [9.17, 15) is 9.18 Å². The molecule has 0 aliphatic carbocycles. The molecule has 1 heterocycles. The molecule has 0 fully saturated rings. The summed E-state index contributed by atoms with van der Waals surface area (Å²) in [7, 11) is 3.90. The lowest BCUT2D eigenvalue weighted by Gasteiger charge is -2.12. The van der Waals surface area contributed by atoms with Crippen LogP contribution in [0.5, 0.6) is 0 Å². The van der Waals surface area contributed by atoms with Gasteiger partial charge in [0.2, 0.25) is 5.90 Å². The monoisotopic (exact) mass is 310 g/mol. The number of carbonyl (C=O) groups excluding carboxylic acids is 1. The minimum Gasteiger partial charge on any atom is -0.402 e. The number of cyclic esters (lactones) is 1. The molecule has 2 aromatic rings. The third-order valence-electron chi connectivity index (χ3n) is 3.42. The highest BCUT2D eigenvalue weighted by molar-refractivity contribution is 6.12. The molecule has 0 bridgehead atoms. The number of hydrogen-bond donors (Lipinski definition) is 0. The minimum absolute atomic E-state index is 0.197. The van der Waals surface area contributed by atoms with E-state index < -0.39 is 5.97 Å². The van der Waals surface area contributed by atoms with Gasteiger partial charge in [-0.3, -0.25) is 0 Å². The molecular formula is C18H15FN2O2. The SMILES string of the molecule is CN(C)c1ccc(C2=NC(=Cc3ccc(F)cc3)C(=O)O2)cc1. The number of ether oxygens (including phenoxy) is 1. The zero-order valence-corrected chi connectivity index (χ0v) is 12.8. The van der Waals surface area contributed by atoms with Crippen LogP contribution in [0.3, 0.4) is 0 Å². The molecular weight excluding hydrogens is 295 g/mol. The van der Waals surface area contributed by atoms with E-state index >= 15 is 0 Å². The third kappa shape index (κ3) is 3.29. The first-order valence-electron chi connectivity index (χ1n) is 7.09. The molecule has 3 rings (SSSR count). The van der Waals surface area contributed by atoms with Crippen molar-refractivity contribution in [2.45, 2.75) is 0 Å². The molecule has 0 aromatic heterocycles. The van der Waals surface area contributed by atoms with E-state index in [1.807, 2.05) is 43.3 Å². The van der Waals surface area contributed by atoms with E-state index in [0.717, 1.165) is 11.3 Å². The average molecular weight is 310 g/mol. The van der Waals surface area contributed by atoms with Crippen LogP contribution in [0.15, 0.2) is 59.2 Å². The van der Waals surface area contributed by atoms with Crippen LogP contribution in [-0.2, 0) is 9.53 Å². The van der Waals surface area contributed by atoms with Gasteiger partial charge in [0.1, 0.15) is 5.82 Å². The largest absolute Gasteiger partial charge is 0.402 e. The van der Waals surface area contributed by atoms with E-state index in [0.29, 0.717) is 5.56 Å². The Hall–Kier alpha value is -2.95. The van der Waals surface area contributed by atoms with Gasteiger partial charge in [0.15, 0.2) is 5.70 Å². The zero-order chi connectivity index (χ0) is 16.4. The molecule has 2 aromatic carbocycles. The van der Waals surface area contributed by atoms with Gasteiger partial charge in [-0.2, -0.15) is 0 Å². The predicted molar refractivity (Wildman–Crippen MR) is 87.8 cm³/mol. The van der Waals surface area contributed by atoms with Gasteiger partial charge < -0.3 is 9.64 Å². The van der Waals surface area contributed by atoms with Crippen molar-refractivity contribution in [3.63, 3.8) is 0 Å². The van der Waals surface area contributed by atoms with Crippen LogP contribution in [0.1, 0.15) is 11.1 Å². The first-order chi connectivity index (χ1) is 11.0. The number of carbonyl (C=O) groups is 1. The van der Waals surface area contributed by atoms with E-state index in [1.54, 1.807) is 18.2 Å². The number of benzene rings is 2. The summed E-state index contributed by atoms with van der Waals surface area (Å²) in [5, 5.41) is 0. The molecule has 23 heavy (non-hydrogen) atoms. The number of rotatable bonds is 3. The Morgan fingerprint density at radius 3 is 2.30 bits per heavy atom. The molecule has 1 aliphatic rings. The number of anilines is 1. The Bertz CT molecular complexity index is 791. The number of nitrogens with zero attached hydrogens (tertiary/aromatic N) is 2. The molecule has 1 aliphatic heterocycles. The van der Waals surface area contributed by atoms with Crippen molar-refractivity contribution < 1.29 is 13.9 Å². The summed E-state index contributed by atoms with van der Waals surface area (Å²) in [6.45, 7) is 0. The van der Waals surface area contributed by atoms with E-state index in [4.69, 9.17) is 4.74 Å². The summed E-state index contributed by atoms with van der Waals surface area (Å²) in [5.74, 6) is -0.569. The summed E-state index contributed by atoms with van der Waals surface area (Å²) in [4.78, 5) is 18.1. The minimum atomic E-state index is -0.513. The molecule has 0 radical (unpaired) electrons. The Morgan fingerprint density at radius 2 is 1.70 bits per heavy atom. The normalized spacial score (nSPS) is 15.5. The quantitative estimate of drug-likeness (QED) is 0.645. The molecule has 0 N–H and O–H groups in total. The molecule has 0 atom stereocenters. The van der Waals surface area contributed by atoms with Crippen molar-refractivity contribution in [1.29, 1.82) is 0 Å². The number of esters is 1. The average Bonchev–Trinajstić information content (AvgIpc) is 2.91. The third-order valence-corrected chi connectivity index (χ3v) is 3.42. The summed E-state index contributed by atoms with van der Waals surface area (Å²) < 4.78 is 18.1. The van der Waals surface area contributed by atoms with Crippen molar-refractivity contribution in [3.05, 3.63) is 71.2 Å². The molecule has 0 spiro atoms. The van der Waals surface area contributed by atoms with Crippen molar-refractivity contribution in [2.75, 3.05) is 19.0 Å². The Balaban J connectivity index is 1.87. The number of aliphatic imine (C=N–C) groups is 1. The fourth-order valence-electron chi connectivity index (χ4n) is 2.15. The van der Waals surface area contributed by atoms with E-state index in [1.165, 1.54) is 12.1 Å². The van der Waals surface area contributed by atoms with Gasteiger partial charge >= 0.3 is 5.97 Å². The maximum absolute atomic E-state index is 12.9. The molecule has 5 heteroatoms. The van der Waals surface area contributed by atoms with Crippen molar-refractivity contribution in [3.8, 4) is 0 Å². The summed E-state index contributed by atoms with van der Waals surface area (Å²) >= 11 is 0. The fraction of sp³-hybridized carbons (Fsp3) is 0.111. The summed E-state index contributed by atoms with van der Waals surface area (Å²) in [5.41, 5.74) is 2.65. The lowest BCUT2D eigenvalue weighted by atomic mass is 10.2. The van der Waals surface area contributed by atoms with Crippen LogP contribution in [-0.4, -0.2) is 26.0 Å². The van der Waals surface area contributed by atoms with Crippen LogP contribution in [0.2, 0.25) is 0 Å². The molecule has 0 amide bonds. The van der Waals surface area contributed by atoms with Gasteiger partial charge in [0, 0.05) is 25.3 Å². The summed E-state index contributed by atoms with van der Waals surface area (Å²) in [6.07, 6.45) is 1.57. The molecule has 4 nitrogen and oxygen atoms in total. The maximum Gasteiger partial charge on any atom is 0.363 e. The highest BCUT2D eigenvalue weighted by atomic mass is 19.1. The Labute approximate surface area is 133 Å². The van der Waals surface area contributed by atoms with Crippen molar-refractivity contribution >= 4 is 23.6 Å². The number of halogens is 1. The standard InChI is InChI=1S/C18H15FN2O2/c1-21(2)15-9-5-13(6-10-15)17-20-16(18(22)23-17)11-12-3-7-14(19)8-4-12/h3-11H,1-2H3. The highest BCUT2D eigenvalue weighted by Crippen LogP contribution is 2.21. The molecule has 0 saturated heterocycles. The lowest BCUT2D eigenvalue weighted by Crippen LogP contribution is -2.09. The lowest BCUT2D eigenvalue weighted by molar-refractivity contribution is -0.129.